The van der Waals surface area contributed by atoms with Gasteiger partial charge >= 0.3 is 0 Å². The van der Waals surface area contributed by atoms with Crippen LogP contribution in [0.2, 0.25) is 0 Å². The van der Waals surface area contributed by atoms with Crippen LogP contribution in [0, 0.1) is 22.7 Å². The summed E-state index contributed by atoms with van der Waals surface area (Å²) in [6.45, 7) is 9.41. The Labute approximate surface area is 146 Å². The summed E-state index contributed by atoms with van der Waals surface area (Å²) < 4.78 is 12.8. The van der Waals surface area contributed by atoms with Gasteiger partial charge in [0.05, 0.1) is 18.8 Å². The molecule has 4 aliphatic rings. The van der Waals surface area contributed by atoms with Gasteiger partial charge in [0, 0.05) is 17.8 Å². The first-order valence-corrected chi connectivity index (χ1v) is 10.0. The van der Waals surface area contributed by atoms with Crippen molar-refractivity contribution in [2.24, 2.45) is 22.7 Å². The van der Waals surface area contributed by atoms with Crippen molar-refractivity contribution in [3.63, 3.8) is 0 Å². The fourth-order valence-electron chi connectivity index (χ4n) is 6.60. The maximum absolute atomic E-state index is 10.2. The summed E-state index contributed by atoms with van der Waals surface area (Å²) in [5.41, 5.74) is 1.83. The van der Waals surface area contributed by atoms with E-state index in [1.54, 1.807) is 5.57 Å². The van der Waals surface area contributed by atoms with Gasteiger partial charge in [0.25, 0.3) is 0 Å². The van der Waals surface area contributed by atoms with E-state index < -0.39 is 0 Å². The van der Waals surface area contributed by atoms with E-state index in [0.717, 1.165) is 25.7 Å². The number of hydrogen-bond acceptors (Lipinski definition) is 3. The Hall–Kier alpha value is -0.380. The van der Waals surface area contributed by atoms with Gasteiger partial charge in [-0.15, -0.1) is 0 Å². The zero-order chi connectivity index (χ0) is 17.2. The summed E-state index contributed by atoms with van der Waals surface area (Å²) in [7, 11) is 0. The predicted octanol–water partition coefficient (Wildman–Crippen LogP) is 4.44. The molecular weight excluding hydrogens is 300 g/mol. The third kappa shape index (κ3) is 2.13. The van der Waals surface area contributed by atoms with Crippen molar-refractivity contribution >= 4 is 0 Å². The Balaban J connectivity index is 1.68. The molecule has 0 aromatic carbocycles. The average Bonchev–Trinajstić information content (AvgIpc) is 2.87. The molecule has 24 heavy (non-hydrogen) atoms. The molecule has 1 N–H and O–H groups in total. The van der Waals surface area contributed by atoms with E-state index in [-0.39, 0.29) is 28.8 Å². The topological polar surface area (TPSA) is 38.7 Å². The maximum Gasteiger partial charge on any atom is 0.172 e. The normalized spacial score (nSPS) is 50.3. The number of hydrogen-bond donors (Lipinski definition) is 1. The Morgan fingerprint density at radius 1 is 1.08 bits per heavy atom. The number of aliphatic hydroxyl groups is 1. The van der Waals surface area contributed by atoms with Crippen molar-refractivity contribution in [3.8, 4) is 0 Å². The second kappa shape index (κ2) is 5.56. The molecule has 0 aromatic heterocycles. The average molecular weight is 334 g/mol. The van der Waals surface area contributed by atoms with Crippen molar-refractivity contribution in [2.45, 2.75) is 90.6 Å². The lowest BCUT2D eigenvalue weighted by atomic mass is 9.46. The molecule has 1 heterocycles. The molecule has 0 aromatic rings. The third-order valence-corrected chi connectivity index (χ3v) is 8.17. The lowest BCUT2D eigenvalue weighted by Gasteiger charge is -2.61. The molecule has 0 amide bonds. The van der Waals surface area contributed by atoms with Gasteiger partial charge < -0.3 is 14.6 Å². The van der Waals surface area contributed by atoms with Crippen molar-refractivity contribution < 1.29 is 14.6 Å². The van der Waals surface area contributed by atoms with E-state index >= 15 is 0 Å². The maximum atomic E-state index is 10.2. The van der Waals surface area contributed by atoms with E-state index in [1.807, 2.05) is 0 Å². The summed E-state index contributed by atoms with van der Waals surface area (Å²) in [6.07, 6.45) is 10.8. The van der Waals surface area contributed by atoms with Crippen LogP contribution < -0.4 is 0 Å². The second-order valence-corrected chi connectivity index (χ2v) is 9.26. The summed E-state index contributed by atoms with van der Waals surface area (Å²) in [4.78, 5) is 0. The molecule has 1 spiro atoms. The standard InChI is InChI=1S/C21H34O3/c1-14-17-8-10-20(13-22)9-6-5-7-18(20)19(17,4)11-12-21(14)23-15(2)16(3)24-21/h7,14-17,22H,5-6,8-13H2,1-4H3/t14-,15+,16+,17-,19?,20+/m0/s1. The van der Waals surface area contributed by atoms with Crippen LogP contribution in [-0.2, 0) is 9.47 Å². The fourth-order valence-corrected chi connectivity index (χ4v) is 6.60. The largest absolute Gasteiger partial charge is 0.395 e. The van der Waals surface area contributed by atoms with Gasteiger partial charge in [-0.05, 0) is 63.7 Å². The number of ether oxygens (including phenoxy) is 2. The molecule has 4 rings (SSSR count). The highest BCUT2D eigenvalue weighted by atomic mass is 16.8. The molecule has 3 heteroatoms. The number of fused-ring (bicyclic) bond motifs is 3. The van der Waals surface area contributed by atoms with Crippen LogP contribution in [0.3, 0.4) is 0 Å². The van der Waals surface area contributed by atoms with Crippen LogP contribution in [0.5, 0.6) is 0 Å². The van der Waals surface area contributed by atoms with E-state index in [1.165, 1.54) is 19.3 Å². The number of rotatable bonds is 1. The van der Waals surface area contributed by atoms with Gasteiger partial charge in [0.15, 0.2) is 5.79 Å². The first kappa shape index (κ1) is 17.1. The Kier molecular flexibility index (Phi) is 3.95. The Bertz CT molecular complexity index is 531. The van der Waals surface area contributed by atoms with Gasteiger partial charge in [-0.1, -0.05) is 25.5 Å². The fraction of sp³-hybridized carbons (Fsp3) is 0.905. The molecule has 1 saturated heterocycles. The summed E-state index contributed by atoms with van der Waals surface area (Å²) in [5, 5.41) is 10.2. The van der Waals surface area contributed by atoms with Crippen LogP contribution in [0.4, 0.5) is 0 Å². The van der Waals surface area contributed by atoms with Crippen LogP contribution in [0.1, 0.15) is 72.6 Å². The zero-order valence-corrected chi connectivity index (χ0v) is 15.8. The SMILES string of the molecule is C[C@H]1OC2(CCC3(C)C4=CCCC[C@]4(CO)CC[C@H]3[C@@H]2C)O[C@@H]1C. The van der Waals surface area contributed by atoms with Gasteiger partial charge in [0.1, 0.15) is 0 Å². The van der Waals surface area contributed by atoms with E-state index in [2.05, 4.69) is 33.8 Å². The van der Waals surface area contributed by atoms with E-state index in [4.69, 9.17) is 9.47 Å². The second-order valence-electron chi connectivity index (χ2n) is 9.26. The third-order valence-electron chi connectivity index (χ3n) is 8.17. The van der Waals surface area contributed by atoms with Crippen molar-refractivity contribution in [1.82, 2.24) is 0 Å². The van der Waals surface area contributed by atoms with Crippen LogP contribution in [0.25, 0.3) is 0 Å². The Morgan fingerprint density at radius 2 is 1.79 bits per heavy atom. The molecule has 3 aliphatic carbocycles. The van der Waals surface area contributed by atoms with Crippen LogP contribution in [-0.4, -0.2) is 29.7 Å². The highest BCUT2D eigenvalue weighted by molar-refractivity contribution is 5.31. The molecule has 0 radical (unpaired) electrons. The minimum Gasteiger partial charge on any atom is -0.395 e. The van der Waals surface area contributed by atoms with Crippen molar-refractivity contribution in [3.05, 3.63) is 11.6 Å². The highest BCUT2D eigenvalue weighted by Crippen LogP contribution is 2.65. The Morgan fingerprint density at radius 3 is 2.46 bits per heavy atom. The minimum absolute atomic E-state index is 0.0612. The minimum atomic E-state index is -0.378. The summed E-state index contributed by atoms with van der Waals surface area (Å²) in [5.74, 6) is 0.619. The monoisotopic (exact) mass is 334 g/mol. The number of allylic oxidation sites excluding steroid dienone is 1. The molecule has 6 atom stereocenters. The lowest BCUT2D eigenvalue weighted by Crippen LogP contribution is -2.57. The van der Waals surface area contributed by atoms with Gasteiger partial charge in [-0.3, -0.25) is 0 Å². The van der Waals surface area contributed by atoms with Crippen molar-refractivity contribution in [1.29, 1.82) is 0 Å². The highest BCUT2D eigenvalue weighted by Gasteiger charge is 2.62. The molecule has 3 nitrogen and oxygen atoms in total. The van der Waals surface area contributed by atoms with E-state index in [9.17, 15) is 5.11 Å². The van der Waals surface area contributed by atoms with Gasteiger partial charge in [-0.2, -0.15) is 0 Å². The summed E-state index contributed by atoms with van der Waals surface area (Å²) in [6, 6.07) is 0. The first-order valence-electron chi connectivity index (χ1n) is 10.0. The molecule has 136 valence electrons. The molecule has 0 bridgehead atoms. The van der Waals surface area contributed by atoms with E-state index in [0.29, 0.717) is 18.4 Å². The smallest absolute Gasteiger partial charge is 0.172 e. The quantitative estimate of drug-likeness (QED) is 0.720. The molecule has 1 aliphatic heterocycles. The van der Waals surface area contributed by atoms with Crippen LogP contribution in [0.15, 0.2) is 11.6 Å². The lowest BCUT2D eigenvalue weighted by molar-refractivity contribution is -0.255. The predicted molar refractivity (Wildman–Crippen MR) is 94.5 cm³/mol. The van der Waals surface area contributed by atoms with Gasteiger partial charge in [0.2, 0.25) is 0 Å². The molecule has 1 unspecified atom stereocenters. The van der Waals surface area contributed by atoms with Crippen molar-refractivity contribution in [2.75, 3.05) is 6.61 Å². The molecule has 3 fully saturated rings. The molecular formula is C21H34O3. The van der Waals surface area contributed by atoms with Crippen LogP contribution >= 0.6 is 0 Å². The zero-order valence-electron chi connectivity index (χ0n) is 15.8. The van der Waals surface area contributed by atoms with Gasteiger partial charge in [-0.25, -0.2) is 0 Å². The first-order chi connectivity index (χ1) is 11.4. The summed E-state index contributed by atoms with van der Waals surface area (Å²) >= 11 is 0. The molecule has 2 saturated carbocycles. The number of aliphatic hydroxyl groups excluding tert-OH is 1.